The molecular weight excluding hydrogens is 293 g/mol. The molecule has 0 saturated carbocycles. The predicted octanol–water partition coefficient (Wildman–Crippen LogP) is 3.57. The molecule has 0 fully saturated rings. The van der Waals surface area contributed by atoms with Crippen LogP contribution in [0.25, 0.3) is 0 Å². The molecule has 2 aromatic carbocycles. The Bertz CT molecular complexity index is 619. The van der Waals surface area contributed by atoms with Crippen LogP contribution < -0.4 is 15.2 Å². The maximum atomic E-state index is 13.4. The Morgan fingerprint density at radius 2 is 1.86 bits per heavy atom. The molecule has 0 aliphatic carbocycles. The molecule has 5 heteroatoms. The average Bonchev–Trinajstić information content (AvgIpc) is 2.49. The van der Waals surface area contributed by atoms with Gasteiger partial charge in [-0.2, -0.15) is 0 Å². The van der Waals surface area contributed by atoms with Crippen molar-refractivity contribution in [2.75, 3.05) is 13.7 Å². The molecule has 112 valence electrons. The maximum Gasteiger partial charge on any atom is 0.161 e. The lowest BCUT2D eigenvalue weighted by atomic mass is 10.1. The van der Waals surface area contributed by atoms with Crippen LogP contribution >= 0.6 is 11.6 Å². The van der Waals surface area contributed by atoms with Crippen molar-refractivity contribution in [3.8, 4) is 11.5 Å². The van der Waals surface area contributed by atoms with Crippen LogP contribution in [0.15, 0.2) is 36.4 Å². The van der Waals surface area contributed by atoms with Gasteiger partial charge in [0.1, 0.15) is 12.4 Å². The number of halogens is 2. The summed E-state index contributed by atoms with van der Waals surface area (Å²) in [6, 6.07) is 10.3. The fraction of sp³-hybridized carbons (Fsp3) is 0.250. The molecule has 0 unspecified atom stereocenters. The highest BCUT2D eigenvalue weighted by Gasteiger charge is 2.07. The van der Waals surface area contributed by atoms with Crippen LogP contribution in [0.2, 0.25) is 5.02 Å². The first-order chi connectivity index (χ1) is 10.1. The van der Waals surface area contributed by atoms with Crippen LogP contribution in [0.4, 0.5) is 4.39 Å². The fourth-order valence-corrected chi connectivity index (χ4v) is 2.06. The van der Waals surface area contributed by atoms with Crippen molar-refractivity contribution in [1.82, 2.24) is 0 Å². The minimum absolute atomic E-state index is 0.0984. The lowest BCUT2D eigenvalue weighted by molar-refractivity contribution is 0.283. The number of benzene rings is 2. The van der Waals surface area contributed by atoms with E-state index in [0.717, 1.165) is 12.0 Å². The normalized spacial score (nSPS) is 10.5. The summed E-state index contributed by atoms with van der Waals surface area (Å²) >= 11 is 5.65. The number of hydrogen-bond acceptors (Lipinski definition) is 3. The molecule has 0 aliphatic heterocycles. The third-order valence-electron chi connectivity index (χ3n) is 3.04. The topological polar surface area (TPSA) is 44.5 Å². The molecule has 0 bridgehead atoms. The van der Waals surface area contributed by atoms with E-state index in [1.54, 1.807) is 13.2 Å². The zero-order valence-electron chi connectivity index (χ0n) is 11.7. The molecule has 0 amide bonds. The summed E-state index contributed by atoms with van der Waals surface area (Å²) in [4.78, 5) is 0. The third kappa shape index (κ3) is 4.09. The van der Waals surface area contributed by atoms with Gasteiger partial charge in [-0.25, -0.2) is 4.39 Å². The lowest BCUT2D eigenvalue weighted by Crippen LogP contribution is -2.04. The van der Waals surface area contributed by atoms with Crippen molar-refractivity contribution >= 4 is 11.6 Å². The summed E-state index contributed by atoms with van der Waals surface area (Å²) in [6.07, 6.45) is 0.760. The van der Waals surface area contributed by atoms with Crippen LogP contribution in [0.3, 0.4) is 0 Å². The fourth-order valence-electron chi connectivity index (χ4n) is 1.95. The van der Waals surface area contributed by atoms with E-state index in [1.807, 2.05) is 18.2 Å². The SMILES string of the molecule is COc1ccc(CCN)cc1OCc1ccc(Cl)c(F)c1. The van der Waals surface area contributed by atoms with Gasteiger partial charge < -0.3 is 15.2 Å². The first-order valence-corrected chi connectivity index (χ1v) is 6.95. The predicted molar refractivity (Wildman–Crippen MR) is 81.5 cm³/mol. The van der Waals surface area contributed by atoms with Crippen molar-refractivity contribution < 1.29 is 13.9 Å². The summed E-state index contributed by atoms with van der Waals surface area (Å²) in [7, 11) is 1.58. The van der Waals surface area contributed by atoms with Gasteiger partial charge in [0.2, 0.25) is 0 Å². The molecule has 0 aromatic heterocycles. The lowest BCUT2D eigenvalue weighted by Gasteiger charge is -2.12. The Labute approximate surface area is 128 Å². The van der Waals surface area contributed by atoms with E-state index in [4.69, 9.17) is 26.8 Å². The smallest absolute Gasteiger partial charge is 0.161 e. The molecule has 0 saturated heterocycles. The summed E-state index contributed by atoms with van der Waals surface area (Å²) in [5.41, 5.74) is 7.31. The largest absolute Gasteiger partial charge is 0.493 e. The van der Waals surface area contributed by atoms with E-state index in [2.05, 4.69) is 0 Å². The number of ether oxygens (including phenoxy) is 2. The molecule has 0 radical (unpaired) electrons. The first-order valence-electron chi connectivity index (χ1n) is 6.57. The van der Waals surface area contributed by atoms with Gasteiger partial charge in [0.05, 0.1) is 12.1 Å². The minimum atomic E-state index is -0.457. The van der Waals surface area contributed by atoms with E-state index >= 15 is 0 Å². The van der Waals surface area contributed by atoms with E-state index in [9.17, 15) is 4.39 Å². The second-order valence-electron chi connectivity index (χ2n) is 4.56. The average molecular weight is 310 g/mol. The van der Waals surface area contributed by atoms with Gasteiger partial charge >= 0.3 is 0 Å². The third-order valence-corrected chi connectivity index (χ3v) is 3.35. The molecule has 0 heterocycles. The van der Waals surface area contributed by atoms with Crippen LogP contribution in [-0.4, -0.2) is 13.7 Å². The van der Waals surface area contributed by atoms with Gasteiger partial charge in [-0.05, 0) is 48.4 Å². The second-order valence-corrected chi connectivity index (χ2v) is 4.97. The summed E-state index contributed by atoms with van der Waals surface area (Å²) < 4.78 is 24.4. The molecule has 0 atom stereocenters. The van der Waals surface area contributed by atoms with Crippen molar-refractivity contribution in [2.24, 2.45) is 5.73 Å². The Morgan fingerprint density at radius 3 is 2.52 bits per heavy atom. The van der Waals surface area contributed by atoms with Crippen molar-refractivity contribution in [3.63, 3.8) is 0 Å². The molecule has 2 rings (SSSR count). The Balaban J connectivity index is 2.13. The number of hydrogen-bond donors (Lipinski definition) is 1. The van der Waals surface area contributed by atoms with E-state index in [-0.39, 0.29) is 11.6 Å². The van der Waals surface area contributed by atoms with Crippen molar-refractivity contribution in [2.45, 2.75) is 13.0 Å². The molecule has 0 spiro atoms. The second kappa shape index (κ2) is 7.29. The van der Waals surface area contributed by atoms with Gasteiger partial charge in [0, 0.05) is 0 Å². The van der Waals surface area contributed by atoms with Crippen LogP contribution in [0.5, 0.6) is 11.5 Å². The maximum absolute atomic E-state index is 13.4. The highest BCUT2D eigenvalue weighted by Crippen LogP contribution is 2.29. The van der Waals surface area contributed by atoms with Gasteiger partial charge in [-0.15, -0.1) is 0 Å². The summed E-state index contributed by atoms with van der Waals surface area (Å²) in [5, 5.41) is 0.0984. The van der Waals surface area contributed by atoms with Gasteiger partial charge in [0.25, 0.3) is 0 Å². The highest BCUT2D eigenvalue weighted by atomic mass is 35.5. The molecule has 0 aliphatic rings. The zero-order chi connectivity index (χ0) is 15.2. The molecule has 21 heavy (non-hydrogen) atoms. The van der Waals surface area contributed by atoms with Gasteiger partial charge in [0.15, 0.2) is 11.5 Å². The highest BCUT2D eigenvalue weighted by molar-refractivity contribution is 6.30. The van der Waals surface area contributed by atoms with Crippen LogP contribution in [-0.2, 0) is 13.0 Å². The number of rotatable bonds is 6. The molecule has 2 aromatic rings. The first kappa shape index (κ1) is 15.6. The molecule has 3 nitrogen and oxygen atoms in total. The zero-order valence-corrected chi connectivity index (χ0v) is 12.5. The van der Waals surface area contributed by atoms with Crippen molar-refractivity contribution in [1.29, 1.82) is 0 Å². The van der Waals surface area contributed by atoms with E-state index in [0.29, 0.717) is 23.6 Å². The number of methoxy groups -OCH3 is 1. The van der Waals surface area contributed by atoms with Crippen molar-refractivity contribution in [3.05, 3.63) is 58.4 Å². The molecule has 2 N–H and O–H groups in total. The quantitative estimate of drug-likeness (QED) is 0.887. The standard InChI is InChI=1S/C16H17ClFNO2/c1-20-15-5-3-11(6-7-19)9-16(15)21-10-12-2-4-13(17)14(18)8-12/h2-5,8-9H,6-7,10,19H2,1H3. The monoisotopic (exact) mass is 309 g/mol. The summed E-state index contributed by atoms with van der Waals surface area (Å²) in [6.45, 7) is 0.796. The van der Waals surface area contributed by atoms with Gasteiger partial charge in [-0.1, -0.05) is 23.7 Å². The minimum Gasteiger partial charge on any atom is -0.493 e. The van der Waals surface area contributed by atoms with Crippen LogP contribution in [0.1, 0.15) is 11.1 Å². The van der Waals surface area contributed by atoms with Gasteiger partial charge in [-0.3, -0.25) is 0 Å². The Hall–Kier alpha value is -1.78. The van der Waals surface area contributed by atoms with E-state index < -0.39 is 5.82 Å². The number of nitrogens with two attached hydrogens (primary N) is 1. The molecular formula is C16H17ClFNO2. The Kier molecular flexibility index (Phi) is 5.42. The van der Waals surface area contributed by atoms with E-state index in [1.165, 1.54) is 12.1 Å². The Morgan fingerprint density at radius 1 is 1.10 bits per heavy atom. The van der Waals surface area contributed by atoms with Crippen LogP contribution in [0, 0.1) is 5.82 Å². The summed E-state index contributed by atoms with van der Waals surface area (Å²) in [5.74, 6) is 0.783.